The Bertz CT molecular complexity index is 1080. The number of hydrogen-bond acceptors (Lipinski definition) is 3. The van der Waals surface area contributed by atoms with Crippen molar-refractivity contribution in [3.05, 3.63) is 21.7 Å². The maximum absolute atomic E-state index is 14.0. The van der Waals surface area contributed by atoms with E-state index in [0.717, 1.165) is 22.1 Å². The van der Waals surface area contributed by atoms with Gasteiger partial charge in [0.15, 0.2) is 0 Å². The third-order valence-electron chi connectivity index (χ3n) is 4.39. The van der Waals surface area contributed by atoms with Gasteiger partial charge in [0.2, 0.25) is 5.78 Å². The molecule has 0 N–H and O–H groups in total. The molecule has 0 aliphatic carbocycles. The first-order valence-corrected chi connectivity index (χ1v) is 9.71. The number of fused-ring (bicyclic) bond motifs is 1. The standard InChI is InChI=1S/C15H3F17OS2/c16-8(17,7(33)5-1-4-2-34-3-6(4)35-5)9(18,19)10(20,21)11(22,23)12(24,25)13(26,27)14(28,29)15(30,31)32/h1-3H. The highest BCUT2D eigenvalue weighted by Crippen LogP contribution is 2.64. The highest BCUT2D eigenvalue weighted by Gasteiger charge is 2.95. The van der Waals surface area contributed by atoms with Crippen LogP contribution in [0, 0.1) is 0 Å². The minimum atomic E-state index is -8.73. The van der Waals surface area contributed by atoms with Gasteiger partial charge in [0, 0.05) is 15.5 Å². The summed E-state index contributed by atoms with van der Waals surface area (Å²) in [5.74, 6) is -61.2. The predicted molar refractivity (Wildman–Crippen MR) is 84.7 cm³/mol. The van der Waals surface area contributed by atoms with E-state index < -0.39 is 58.3 Å². The lowest BCUT2D eigenvalue weighted by molar-refractivity contribution is -0.459. The highest BCUT2D eigenvalue weighted by molar-refractivity contribution is 7.24. The number of halogens is 17. The Hall–Kier alpha value is -1.86. The number of rotatable bonds is 8. The molecule has 2 heterocycles. The molecule has 0 spiro atoms. The van der Waals surface area contributed by atoms with E-state index in [9.17, 15) is 79.4 Å². The smallest absolute Gasteiger partial charge is 0.286 e. The molecule has 35 heavy (non-hydrogen) atoms. The molecule has 0 aliphatic rings. The van der Waals surface area contributed by atoms with Gasteiger partial charge in [-0.3, -0.25) is 4.79 Å². The van der Waals surface area contributed by atoms with Crippen LogP contribution in [0.4, 0.5) is 74.6 Å². The van der Waals surface area contributed by atoms with Gasteiger partial charge in [-0.15, -0.1) is 11.3 Å². The van der Waals surface area contributed by atoms with Crippen LogP contribution >= 0.6 is 22.7 Å². The first-order chi connectivity index (χ1) is 15.2. The highest BCUT2D eigenvalue weighted by atomic mass is 32.1. The fourth-order valence-electron chi connectivity index (χ4n) is 2.35. The number of carbonyl (C=O) groups excluding carboxylic acids is 1. The van der Waals surface area contributed by atoms with Crippen LogP contribution in [0.1, 0.15) is 9.67 Å². The Balaban J connectivity index is 2.61. The van der Waals surface area contributed by atoms with E-state index in [4.69, 9.17) is 0 Å². The molecule has 0 radical (unpaired) electrons. The summed E-state index contributed by atoms with van der Waals surface area (Å²) in [5, 5.41) is 2.09. The molecule has 0 saturated carbocycles. The van der Waals surface area contributed by atoms with E-state index in [-0.39, 0.29) is 21.4 Å². The second kappa shape index (κ2) is 7.82. The molecule has 0 atom stereocenters. The minimum absolute atomic E-state index is 0.0881. The van der Waals surface area contributed by atoms with Gasteiger partial charge in [-0.05, 0) is 11.4 Å². The lowest BCUT2D eigenvalue weighted by Crippen LogP contribution is -2.75. The maximum Gasteiger partial charge on any atom is 0.460 e. The summed E-state index contributed by atoms with van der Waals surface area (Å²) in [7, 11) is 0. The molecule has 2 aromatic heterocycles. The van der Waals surface area contributed by atoms with Crippen molar-refractivity contribution in [1.29, 1.82) is 0 Å². The molecule has 0 aliphatic heterocycles. The summed E-state index contributed by atoms with van der Waals surface area (Å²) in [6.07, 6.45) is -7.82. The van der Waals surface area contributed by atoms with Gasteiger partial charge in [-0.25, -0.2) is 0 Å². The van der Waals surface area contributed by atoms with Gasteiger partial charge < -0.3 is 0 Å². The SMILES string of the molecule is O=C(c1cc2cscc2s1)C(F)(F)C(F)(F)C(F)(F)C(F)(F)C(F)(F)C(F)(F)C(F)(F)C(F)(F)F. The topological polar surface area (TPSA) is 17.1 Å². The van der Waals surface area contributed by atoms with Crippen LogP contribution in [0.15, 0.2) is 16.8 Å². The molecule has 2 rings (SSSR count). The second-order valence-corrected chi connectivity index (χ2v) is 8.48. The van der Waals surface area contributed by atoms with Crippen molar-refractivity contribution >= 4 is 38.5 Å². The number of carbonyl (C=O) groups is 1. The third kappa shape index (κ3) is 3.67. The summed E-state index contributed by atoms with van der Waals surface area (Å²) in [6, 6.07) is 0.367. The third-order valence-corrected chi connectivity index (χ3v) is 6.40. The zero-order valence-corrected chi connectivity index (χ0v) is 17.0. The van der Waals surface area contributed by atoms with E-state index in [1.54, 1.807) is 0 Å². The summed E-state index contributed by atoms with van der Waals surface area (Å²) in [6.45, 7) is 0. The second-order valence-electron chi connectivity index (χ2n) is 6.65. The van der Waals surface area contributed by atoms with Gasteiger partial charge in [0.25, 0.3) is 0 Å². The van der Waals surface area contributed by atoms with Crippen LogP contribution in [0.25, 0.3) is 10.1 Å². The van der Waals surface area contributed by atoms with Crippen molar-refractivity contribution in [3.63, 3.8) is 0 Å². The van der Waals surface area contributed by atoms with Crippen LogP contribution in [0.3, 0.4) is 0 Å². The van der Waals surface area contributed by atoms with Crippen molar-refractivity contribution in [2.45, 2.75) is 47.6 Å². The number of thiophene rings is 2. The molecule has 0 unspecified atom stereocenters. The first kappa shape index (κ1) is 29.4. The molecule has 0 amide bonds. The normalized spacial score (nSPS) is 15.7. The molecule has 20 heteroatoms. The number of ketones is 1. The van der Waals surface area contributed by atoms with Gasteiger partial charge >= 0.3 is 47.6 Å². The van der Waals surface area contributed by atoms with Crippen LogP contribution < -0.4 is 0 Å². The van der Waals surface area contributed by atoms with E-state index in [1.165, 1.54) is 0 Å². The average Bonchev–Trinajstić information content (AvgIpc) is 3.27. The molecule has 1 nitrogen and oxygen atoms in total. The molecule has 0 fully saturated rings. The predicted octanol–water partition coefficient (Wildman–Crippen LogP) is 8.15. The van der Waals surface area contributed by atoms with E-state index in [0.29, 0.717) is 6.07 Å². The fourth-order valence-corrected chi connectivity index (χ4v) is 4.33. The maximum atomic E-state index is 14.0. The lowest BCUT2D eigenvalue weighted by Gasteiger charge is -2.42. The van der Waals surface area contributed by atoms with Crippen LogP contribution in [-0.4, -0.2) is 53.4 Å². The Kier molecular flexibility index (Phi) is 6.56. The van der Waals surface area contributed by atoms with E-state index in [2.05, 4.69) is 0 Å². The van der Waals surface area contributed by atoms with Gasteiger partial charge in [-0.1, -0.05) is 0 Å². The Labute approximate surface area is 188 Å². The largest absolute Gasteiger partial charge is 0.460 e. The molecule has 200 valence electrons. The van der Waals surface area contributed by atoms with Crippen LogP contribution in [-0.2, 0) is 0 Å². The van der Waals surface area contributed by atoms with Gasteiger partial charge in [0.05, 0.1) is 4.88 Å². The molecular weight excluding hydrogens is 583 g/mol. The number of alkyl halides is 17. The summed E-state index contributed by atoms with van der Waals surface area (Å²) >= 11 is 0.770. The average molecular weight is 586 g/mol. The zero-order valence-electron chi connectivity index (χ0n) is 15.4. The van der Waals surface area contributed by atoms with Crippen molar-refractivity contribution in [2.75, 3.05) is 0 Å². The number of hydrogen-bond donors (Lipinski definition) is 0. The quantitative estimate of drug-likeness (QED) is 0.226. The Morgan fingerprint density at radius 1 is 0.571 bits per heavy atom. The van der Waals surface area contributed by atoms with Crippen LogP contribution in [0.5, 0.6) is 0 Å². The molecule has 0 bridgehead atoms. The first-order valence-electron chi connectivity index (χ1n) is 7.95. The van der Waals surface area contributed by atoms with Crippen molar-refractivity contribution in [3.8, 4) is 0 Å². The molecular formula is C15H3F17OS2. The Morgan fingerprint density at radius 3 is 1.37 bits per heavy atom. The minimum Gasteiger partial charge on any atom is -0.286 e. The fraction of sp³-hybridized carbons (Fsp3) is 0.533. The van der Waals surface area contributed by atoms with Crippen molar-refractivity contribution in [1.82, 2.24) is 0 Å². The van der Waals surface area contributed by atoms with E-state index in [1.807, 2.05) is 0 Å². The zero-order chi connectivity index (χ0) is 27.8. The Morgan fingerprint density at radius 2 is 0.971 bits per heavy atom. The van der Waals surface area contributed by atoms with Crippen LogP contribution in [0.2, 0.25) is 0 Å². The van der Waals surface area contributed by atoms with Crippen molar-refractivity contribution < 1.29 is 79.4 Å². The van der Waals surface area contributed by atoms with Gasteiger partial charge in [0.1, 0.15) is 0 Å². The molecule has 2 aromatic rings. The molecule has 0 aromatic carbocycles. The van der Waals surface area contributed by atoms with Crippen molar-refractivity contribution in [2.24, 2.45) is 0 Å². The van der Waals surface area contributed by atoms with E-state index >= 15 is 0 Å². The summed E-state index contributed by atoms with van der Waals surface area (Å²) in [5.41, 5.74) is 0. The van der Waals surface area contributed by atoms with Gasteiger partial charge in [-0.2, -0.15) is 86.0 Å². The summed E-state index contributed by atoms with van der Waals surface area (Å²) in [4.78, 5) is 10.2. The monoisotopic (exact) mass is 586 g/mol. The lowest BCUT2D eigenvalue weighted by atomic mass is 9.88. The number of Topliss-reactive ketones (excluding diaryl/α,β-unsaturated/α-hetero) is 1. The molecule has 0 saturated heterocycles. The summed E-state index contributed by atoms with van der Waals surface area (Å²) < 4.78 is 225.